The molecule has 5 nitrogen and oxygen atoms in total. The summed E-state index contributed by atoms with van der Waals surface area (Å²) in [6, 6.07) is 5.83. The number of amides is 2. The minimum Gasteiger partial charge on any atom is -0.356 e. The number of hydrogen-bond donors (Lipinski definition) is 2. The van der Waals surface area contributed by atoms with Gasteiger partial charge in [0.2, 0.25) is 11.8 Å². The molecule has 0 spiro atoms. The average molecular weight is 345 g/mol. The minimum atomic E-state index is -0.0183. The molecule has 138 valence electrons. The number of carbonyl (C=O) groups is 2. The molecule has 2 amide bonds. The van der Waals surface area contributed by atoms with Gasteiger partial charge in [-0.15, -0.1) is 0 Å². The fraction of sp³-hybridized carbons (Fsp3) is 0.650. The van der Waals surface area contributed by atoms with Crippen molar-refractivity contribution in [3.63, 3.8) is 0 Å². The minimum absolute atomic E-state index is 0.0151. The summed E-state index contributed by atoms with van der Waals surface area (Å²) in [5, 5.41) is 6.15. The van der Waals surface area contributed by atoms with Crippen LogP contribution < -0.4 is 10.6 Å². The molecule has 1 aromatic rings. The van der Waals surface area contributed by atoms with Crippen LogP contribution >= 0.6 is 0 Å². The van der Waals surface area contributed by atoms with Crippen molar-refractivity contribution >= 4 is 11.8 Å². The Labute approximate surface area is 151 Å². The van der Waals surface area contributed by atoms with E-state index in [-0.39, 0.29) is 17.9 Å². The fourth-order valence-electron chi connectivity index (χ4n) is 3.64. The lowest BCUT2D eigenvalue weighted by molar-refractivity contribution is -0.122. The molecular formula is C20H31N3O2. The van der Waals surface area contributed by atoms with E-state index in [9.17, 15) is 9.59 Å². The highest BCUT2D eigenvalue weighted by atomic mass is 16.2. The number of pyridine rings is 1. The second-order valence-corrected chi connectivity index (χ2v) is 7.62. The Morgan fingerprint density at radius 2 is 1.92 bits per heavy atom. The molecule has 25 heavy (non-hydrogen) atoms. The van der Waals surface area contributed by atoms with Crippen LogP contribution in [0.1, 0.15) is 64.6 Å². The van der Waals surface area contributed by atoms with Crippen LogP contribution in [-0.2, 0) is 9.59 Å². The topological polar surface area (TPSA) is 71.1 Å². The molecule has 1 aromatic heterocycles. The van der Waals surface area contributed by atoms with Crippen molar-refractivity contribution in [2.45, 2.75) is 58.9 Å². The first kappa shape index (κ1) is 19.4. The first-order valence-electron chi connectivity index (χ1n) is 9.40. The van der Waals surface area contributed by atoms with Gasteiger partial charge in [-0.2, -0.15) is 0 Å². The Bertz CT molecular complexity index is 551. The highest BCUT2D eigenvalue weighted by Gasteiger charge is 2.30. The van der Waals surface area contributed by atoms with Crippen LogP contribution in [0.25, 0.3) is 0 Å². The maximum Gasteiger partial charge on any atom is 0.220 e. The van der Waals surface area contributed by atoms with Crippen LogP contribution in [-0.4, -0.2) is 23.3 Å². The molecule has 2 N–H and O–H groups in total. The van der Waals surface area contributed by atoms with Crippen molar-refractivity contribution in [3.05, 3.63) is 30.1 Å². The zero-order valence-electron chi connectivity index (χ0n) is 15.6. The Morgan fingerprint density at radius 1 is 1.20 bits per heavy atom. The van der Waals surface area contributed by atoms with E-state index in [4.69, 9.17) is 0 Å². The van der Waals surface area contributed by atoms with E-state index in [1.807, 2.05) is 18.2 Å². The van der Waals surface area contributed by atoms with Gasteiger partial charge in [-0.25, -0.2) is 0 Å². The predicted octanol–water partition coefficient (Wildman–Crippen LogP) is 3.23. The number of nitrogens with one attached hydrogen (secondary N) is 2. The third-order valence-corrected chi connectivity index (χ3v) is 4.91. The van der Waals surface area contributed by atoms with Crippen LogP contribution in [0.4, 0.5) is 0 Å². The van der Waals surface area contributed by atoms with Crippen molar-refractivity contribution in [1.82, 2.24) is 15.6 Å². The van der Waals surface area contributed by atoms with Crippen molar-refractivity contribution in [2.75, 3.05) is 6.54 Å². The molecular weight excluding hydrogens is 314 g/mol. The zero-order valence-corrected chi connectivity index (χ0v) is 15.6. The van der Waals surface area contributed by atoms with E-state index in [0.717, 1.165) is 37.9 Å². The fourth-order valence-corrected chi connectivity index (χ4v) is 3.64. The molecule has 0 aliphatic heterocycles. The van der Waals surface area contributed by atoms with E-state index in [1.165, 1.54) is 0 Å². The van der Waals surface area contributed by atoms with Gasteiger partial charge in [0.15, 0.2) is 0 Å². The van der Waals surface area contributed by atoms with Crippen LogP contribution in [0.2, 0.25) is 0 Å². The van der Waals surface area contributed by atoms with E-state index >= 15 is 0 Å². The molecule has 0 unspecified atom stereocenters. The Balaban J connectivity index is 1.86. The summed E-state index contributed by atoms with van der Waals surface area (Å²) < 4.78 is 0. The van der Waals surface area contributed by atoms with Gasteiger partial charge >= 0.3 is 0 Å². The molecule has 0 saturated heterocycles. The molecule has 0 bridgehead atoms. The summed E-state index contributed by atoms with van der Waals surface area (Å²) in [7, 11) is 0. The summed E-state index contributed by atoms with van der Waals surface area (Å²) >= 11 is 0. The highest BCUT2D eigenvalue weighted by molar-refractivity contribution is 5.76. The number of rotatable bonds is 7. The molecule has 1 atom stereocenters. The van der Waals surface area contributed by atoms with E-state index in [1.54, 1.807) is 13.1 Å². The van der Waals surface area contributed by atoms with Gasteiger partial charge in [-0.1, -0.05) is 19.9 Å². The van der Waals surface area contributed by atoms with Gasteiger partial charge < -0.3 is 10.6 Å². The van der Waals surface area contributed by atoms with Gasteiger partial charge in [0.1, 0.15) is 0 Å². The summed E-state index contributed by atoms with van der Waals surface area (Å²) in [6.45, 7) is 6.45. The Kier molecular flexibility index (Phi) is 7.41. The first-order chi connectivity index (χ1) is 12.0. The molecule has 1 aliphatic rings. The van der Waals surface area contributed by atoms with E-state index in [0.29, 0.717) is 24.2 Å². The quantitative estimate of drug-likeness (QED) is 0.797. The summed E-state index contributed by atoms with van der Waals surface area (Å²) in [4.78, 5) is 27.9. The smallest absolute Gasteiger partial charge is 0.220 e. The van der Waals surface area contributed by atoms with Crippen LogP contribution in [0, 0.1) is 17.8 Å². The standard InChI is InChI=1S/C20H31N3O2/c1-14(2)12-19(25)22-13-16-7-9-17(10-8-16)20(23-15(3)24)18-6-4-5-11-21-18/h4-6,11,14,16-17,20H,7-10,12-13H2,1-3H3,(H,22,25)(H,23,24)/t16?,17?,20-/m0/s1. The average Bonchev–Trinajstić information content (AvgIpc) is 2.58. The summed E-state index contributed by atoms with van der Waals surface area (Å²) in [5.41, 5.74) is 0.936. The highest BCUT2D eigenvalue weighted by Crippen LogP contribution is 2.36. The van der Waals surface area contributed by atoms with Gasteiger partial charge in [0.05, 0.1) is 11.7 Å². The second-order valence-electron chi connectivity index (χ2n) is 7.62. The van der Waals surface area contributed by atoms with Gasteiger partial charge in [0.25, 0.3) is 0 Å². The number of nitrogens with zero attached hydrogens (tertiary/aromatic N) is 1. The lowest BCUT2D eigenvalue weighted by atomic mass is 9.77. The molecule has 5 heteroatoms. The molecule has 2 rings (SSSR count). The van der Waals surface area contributed by atoms with Crippen molar-refractivity contribution in [2.24, 2.45) is 17.8 Å². The lowest BCUT2D eigenvalue weighted by Gasteiger charge is -2.34. The SMILES string of the molecule is CC(=O)N[C@H](c1ccccn1)C1CCC(CNC(=O)CC(C)C)CC1. The lowest BCUT2D eigenvalue weighted by Crippen LogP contribution is -2.36. The van der Waals surface area contributed by atoms with Crippen LogP contribution in [0.5, 0.6) is 0 Å². The number of aromatic nitrogens is 1. The van der Waals surface area contributed by atoms with E-state index < -0.39 is 0 Å². The molecule has 1 fully saturated rings. The Morgan fingerprint density at radius 3 is 2.48 bits per heavy atom. The van der Waals surface area contributed by atoms with Gasteiger partial charge in [-0.05, 0) is 55.6 Å². The number of carbonyl (C=O) groups excluding carboxylic acids is 2. The molecule has 1 heterocycles. The Hall–Kier alpha value is -1.91. The number of hydrogen-bond acceptors (Lipinski definition) is 3. The van der Waals surface area contributed by atoms with Gasteiger partial charge in [0, 0.05) is 26.1 Å². The molecule has 0 radical (unpaired) electrons. The van der Waals surface area contributed by atoms with Crippen molar-refractivity contribution < 1.29 is 9.59 Å². The maximum absolute atomic E-state index is 11.8. The van der Waals surface area contributed by atoms with E-state index in [2.05, 4.69) is 29.5 Å². The largest absolute Gasteiger partial charge is 0.356 e. The third-order valence-electron chi connectivity index (χ3n) is 4.91. The second kappa shape index (κ2) is 9.54. The van der Waals surface area contributed by atoms with Crippen LogP contribution in [0.3, 0.4) is 0 Å². The summed E-state index contributed by atoms with van der Waals surface area (Å²) in [5.74, 6) is 1.48. The predicted molar refractivity (Wildman–Crippen MR) is 98.7 cm³/mol. The first-order valence-corrected chi connectivity index (χ1v) is 9.40. The summed E-state index contributed by atoms with van der Waals surface area (Å²) in [6.07, 6.45) is 6.63. The zero-order chi connectivity index (χ0) is 18.2. The van der Waals surface area contributed by atoms with Crippen molar-refractivity contribution in [3.8, 4) is 0 Å². The van der Waals surface area contributed by atoms with Crippen molar-refractivity contribution in [1.29, 1.82) is 0 Å². The third kappa shape index (κ3) is 6.48. The van der Waals surface area contributed by atoms with Crippen LogP contribution in [0.15, 0.2) is 24.4 Å². The monoisotopic (exact) mass is 345 g/mol. The molecule has 1 saturated carbocycles. The molecule has 1 aliphatic carbocycles. The maximum atomic E-state index is 11.8. The van der Waals surface area contributed by atoms with Gasteiger partial charge in [-0.3, -0.25) is 14.6 Å². The molecule has 0 aromatic carbocycles. The normalized spacial score (nSPS) is 21.6.